The largest absolute Gasteiger partial charge is 0.465 e. The molecule has 0 saturated heterocycles. The molecule has 0 amide bonds. The molecule has 0 heterocycles. The summed E-state index contributed by atoms with van der Waals surface area (Å²) < 4.78 is 15.6. The van der Waals surface area contributed by atoms with E-state index in [0.29, 0.717) is 6.61 Å². The standard InChI is InChI=1S/C24H44O7/c1-5-7-9-11-13-15-29-23(27)20(4)21(17-22(26)31-18-19(3)25)24(28)30-16-14-12-10-8-6-2/h19-21,25H,5-18H2,1-4H3. The van der Waals surface area contributed by atoms with Gasteiger partial charge in [0.2, 0.25) is 0 Å². The van der Waals surface area contributed by atoms with Gasteiger partial charge in [0.25, 0.3) is 0 Å². The molecule has 0 aromatic rings. The zero-order chi connectivity index (χ0) is 23.5. The third kappa shape index (κ3) is 15.8. The van der Waals surface area contributed by atoms with E-state index in [9.17, 15) is 19.5 Å². The van der Waals surface area contributed by atoms with Gasteiger partial charge in [0.15, 0.2) is 0 Å². The third-order valence-electron chi connectivity index (χ3n) is 5.13. The van der Waals surface area contributed by atoms with Crippen LogP contribution < -0.4 is 0 Å². The highest BCUT2D eigenvalue weighted by Gasteiger charge is 2.35. The van der Waals surface area contributed by atoms with Crippen LogP contribution in [-0.4, -0.2) is 48.9 Å². The number of esters is 3. The summed E-state index contributed by atoms with van der Waals surface area (Å²) in [6.07, 6.45) is 9.18. The van der Waals surface area contributed by atoms with Gasteiger partial charge in [0.05, 0.1) is 37.6 Å². The summed E-state index contributed by atoms with van der Waals surface area (Å²) in [4.78, 5) is 37.2. The monoisotopic (exact) mass is 444 g/mol. The van der Waals surface area contributed by atoms with Crippen molar-refractivity contribution < 1.29 is 33.7 Å². The Balaban J connectivity index is 4.69. The molecular weight excluding hydrogens is 400 g/mol. The maximum Gasteiger partial charge on any atom is 0.310 e. The Morgan fingerprint density at radius 3 is 1.68 bits per heavy atom. The smallest absolute Gasteiger partial charge is 0.310 e. The van der Waals surface area contributed by atoms with Crippen LogP contribution in [0, 0.1) is 11.8 Å². The van der Waals surface area contributed by atoms with E-state index in [0.717, 1.165) is 64.2 Å². The fraction of sp³-hybridized carbons (Fsp3) is 0.875. The Morgan fingerprint density at radius 1 is 0.710 bits per heavy atom. The van der Waals surface area contributed by atoms with Crippen molar-refractivity contribution >= 4 is 17.9 Å². The molecule has 3 atom stereocenters. The highest BCUT2D eigenvalue weighted by Crippen LogP contribution is 2.21. The summed E-state index contributed by atoms with van der Waals surface area (Å²) in [6.45, 7) is 7.76. The van der Waals surface area contributed by atoms with E-state index < -0.39 is 35.8 Å². The molecule has 0 rings (SSSR count). The summed E-state index contributed by atoms with van der Waals surface area (Å²) in [5, 5.41) is 9.28. The molecule has 0 aliphatic heterocycles. The lowest BCUT2D eigenvalue weighted by molar-refractivity contribution is -0.164. The second kappa shape index (κ2) is 19.1. The molecule has 7 heteroatoms. The Hall–Kier alpha value is -1.63. The quantitative estimate of drug-likeness (QED) is 0.177. The number of hydrogen-bond donors (Lipinski definition) is 1. The minimum Gasteiger partial charge on any atom is -0.465 e. The second-order valence-corrected chi connectivity index (χ2v) is 8.29. The summed E-state index contributed by atoms with van der Waals surface area (Å²) >= 11 is 0. The molecule has 0 fully saturated rings. The normalized spacial score (nSPS) is 13.8. The lowest BCUT2D eigenvalue weighted by Crippen LogP contribution is -2.33. The van der Waals surface area contributed by atoms with E-state index in [2.05, 4.69) is 13.8 Å². The minimum atomic E-state index is -0.968. The molecule has 0 bridgehead atoms. The topological polar surface area (TPSA) is 99.1 Å². The molecule has 31 heavy (non-hydrogen) atoms. The number of unbranched alkanes of at least 4 members (excludes halogenated alkanes) is 8. The molecular formula is C24H44O7. The highest BCUT2D eigenvalue weighted by atomic mass is 16.5. The molecule has 0 aromatic heterocycles. The zero-order valence-electron chi connectivity index (χ0n) is 20.0. The van der Waals surface area contributed by atoms with Crippen molar-refractivity contribution in [3.8, 4) is 0 Å². The number of hydrogen-bond acceptors (Lipinski definition) is 7. The van der Waals surface area contributed by atoms with Crippen molar-refractivity contribution in [2.45, 2.75) is 104 Å². The van der Waals surface area contributed by atoms with Crippen LogP contribution >= 0.6 is 0 Å². The lowest BCUT2D eigenvalue weighted by Gasteiger charge is -2.21. The van der Waals surface area contributed by atoms with Crippen molar-refractivity contribution in [1.29, 1.82) is 0 Å². The molecule has 0 radical (unpaired) electrons. The van der Waals surface area contributed by atoms with Crippen LogP contribution in [0.4, 0.5) is 0 Å². The van der Waals surface area contributed by atoms with E-state index >= 15 is 0 Å². The van der Waals surface area contributed by atoms with Gasteiger partial charge in [-0.3, -0.25) is 14.4 Å². The molecule has 0 aliphatic carbocycles. The average molecular weight is 445 g/mol. The van der Waals surface area contributed by atoms with Gasteiger partial charge in [0.1, 0.15) is 6.61 Å². The van der Waals surface area contributed by atoms with Gasteiger partial charge >= 0.3 is 17.9 Å². The fourth-order valence-corrected chi connectivity index (χ4v) is 3.08. The SMILES string of the molecule is CCCCCCCOC(=O)C(C)C(CC(=O)OCC(C)O)C(=O)OCCCCCCC. The number of carbonyl (C=O) groups is 3. The van der Waals surface area contributed by atoms with E-state index in [1.807, 2.05) is 0 Å². The maximum atomic E-state index is 12.6. The summed E-state index contributed by atoms with van der Waals surface area (Å²) in [5.74, 6) is -3.53. The van der Waals surface area contributed by atoms with Crippen molar-refractivity contribution in [2.75, 3.05) is 19.8 Å². The molecule has 0 aliphatic rings. The molecule has 0 saturated carbocycles. The first-order valence-electron chi connectivity index (χ1n) is 12.0. The van der Waals surface area contributed by atoms with Gasteiger partial charge in [-0.2, -0.15) is 0 Å². The number of aliphatic hydroxyl groups is 1. The van der Waals surface area contributed by atoms with Crippen molar-refractivity contribution in [1.82, 2.24) is 0 Å². The summed E-state index contributed by atoms with van der Waals surface area (Å²) in [5.41, 5.74) is 0. The molecule has 3 unspecified atom stereocenters. The van der Waals surface area contributed by atoms with Gasteiger partial charge in [-0.05, 0) is 19.8 Å². The third-order valence-corrected chi connectivity index (χ3v) is 5.13. The van der Waals surface area contributed by atoms with Crippen LogP contribution in [0.5, 0.6) is 0 Å². The first-order valence-corrected chi connectivity index (χ1v) is 12.0. The summed E-state index contributed by atoms with van der Waals surface area (Å²) in [7, 11) is 0. The van der Waals surface area contributed by atoms with Gasteiger partial charge in [-0.1, -0.05) is 72.1 Å². The summed E-state index contributed by atoms with van der Waals surface area (Å²) in [6, 6.07) is 0. The van der Waals surface area contributed by atoms with Crippen molar-refractivity contribution in [3.05, 3.63) is 0 Å². The highest BCUT2D eigenvalue weighted by molar-refractivity contribution is 5.85. The van der Waals surface area contributed by atoms with Crippen LogP contribution in [-0.2, 0) is 28.6 Å². The average Bonchev–Trinajstić information content (AvgIpc) is 2.74. The zero-order valence-corrected chi connectivity index (χ0v) is 20.0. The van der Waals surface area contributed by atoms with E-state index in [1.54, 1.807) is 6.92 Å². The van der Waals surface area contributed by atoms with Crippen LogP contribution in [0.3, 0.4) is 0 Å². The first kappa shape index (κ1) is 29.4. The Morgan fingerprint density at radius 2 is 1.19 bits per heavy atom. The molecule has 0 spiro atoms. The van der Waals surface area contributed by atoms with E-state index in [4.69, 9.17) is 14.2 Å². The van der Waals surface area contributed by atoms with Crippen molar-refractivity contribution in [2.24, 2.45) is 11.8 Å². The Bertz CT molecular complexity index is 490. The van der Waals surface area contributed by atoms with Gasteiger partial charge < -0.3 is 19.3 Å². The van der Waals surface area contributed by atoms with Gasteiger partial charge in [-0.25, -0.2) is 0 Å². The maximum absolute atomic E-state index is 12.6. The van der Waals surface area contributed by atoms with Crippen LogP contribution in [0.1, 0.15) is 98.3 Å². The fourth-order valence-electron chi connectivity index (χ4n) is 3.08. The molecule has 0 aromatic carbocycles. The number of rotatable bonds is 19. The molecule has 182 valence electrons. The van der Waals surface area contributed by atoms with Gasteiger partial charge in [-0.15, -0.1) is 0 Å². The van der Waals surface area contributed by atoms with Gasteiger partial charge in [0, 0.05) is 0 Å². The van der Waals surface area contributed by atoms with Crippen LogP contribution in [0.15, 0.2) is 0 Å². The first-order chi connectivity index (χ1) is 14.8. The number of carbonyl (C=O) groups excluding carboxylic acids is 3. The van der Waals surface area contributed by atoms with Crippen LogP contribution in [0.2, 0.25) is 0 Å². The Labute approximate surface area is 188 Å². The number of ether oxygens (including phenoxy) is 3. The second-order valence-electron chi connectivity index (χ2n) is 8.29. The van der Waals surface area contributed by atoms with E-state index in [-0.39, 0.29) is 19.6 Å². The van der Waals surface area contributed by atoms with Crippen molar-refractivity contribution in [3.63, 3.8) is 0 Å². The lowest BCUT2D eigenvalue weighted by atomic mass is 9.91. The van der Waals surface area contributed by atoms with Crippen LogP contribution in [0.25, 0.3) is 0 Å². The molecule has 7 nitrogen and oxygen atoms in total. The Kier molecular flexibility index (Phi) is 18.1. The number of aliphatic hydroxyl groups excluding tert-OH is 1. The van der Waals surface area contributed by atoms with E-state index in [1.165, 1.54) is 6.92 Å². The molecule has 1 N–H and O–H groups in total. The minimum absolute atomic E-state index is 0.158. The predicted octanol–water partition coefficient (Wildman–Crippen LogP) is 4.58. The predicted molar refractivity (Wildman–Crippen MR) is 119 cm³/mol.